The maximum atomic E-state index is 12.3. The van der Waals surface area contributed by atoms with E-state index in [2.05, 4.69) is 5.32 Å². The Morgan fingerprint density at radius 1 is 1.24 bits per heavy atom. The number of hydrogen-bond donors (Lipinski definition) is 3. The van der Waals surface area contributed by atoms with E-state index in [0.717, 1.165) is 10.8 Å². The minimum absolute atomic E-state index is 0.112. The Morgan fingerprint density at radius 2 is 1.86 bits per heavy atom. The molecule has 0 radical (unpaired) electrons. The van der Waals surface area contributed by atoms with Crippen LogP contribution in [0.3, 0.4) is 0 Å². The molecule has 2 aromatic rings. The van der Waals surface area contributed by atoms with Crippen molar-refractivity contribution in [1.82, 2.24) is 5.32 Å². The number of nitrogen functional groups attached to an aromatic ring is 1. The van der Waals surface area contributed by atoms with Crippen LogP contribution in [0.2, 0.25) is 0 Å². The highest BCUT2D eigenvalue weighted by atomic mass is 16.3. The van der Waals surface area contributed by atoms with Crippen LogP contribution in [0.15, 0.2) is 36.4 Å². The van der Waals surface area contributed by atoms with E-state index in [1.807, 2.05) is 50.2 Å². The van der Waals surface area contributed by atoms with E-state index in [1.54, 1.807) is 0 Å². The predicted octanol–water partition coefficient (Wildman–Crippen LogP) is 2.56. The molecule has 2 aromatic carbocycles. The van der Waals surface area contributed by atoms with Gasteiger partial charge in [-0.3, -0.25) is 4.79 Å². The molecule has 1 amide bonds. The van der Waals surface area contributed by atoms with E-state index in [-0.39, 0.29) is 17.9 Å². The topological polar surface area (TPSA) is 75.3 Å². The van der Waals surface area contributed by atoms with Gasteiger partial charge in [0, 0.05) is 18.8 Å². The molecular formula is C17H22N2O2. The Morgan fingerprint density at radius 3 is 2.48 bits per heavy atom. The Labute approximate surface area is 125 Å². The van der Waals surface area contributed by atoms with Gasteiger partial charge in [-0.25, -0.2) is 0 Å². The molecule has 0 aliphatic rings. The fourth-order valence-corrected chi connectivity index (χ4v) is 2.26. The molecule has 0 atom stereocenters. The third-order valence-electron chi connectivity index (χ3n) is 3.68. The van der Waals surface area contributed by atoms with Gasteiger partial charge in [0.1, 0.15) is 0 Å². The molecule has 0 unspecified atom stereocenters. The first-order valence-corrected chi connectivity index (χ1v) is 7.10. The zero-order chi connectivity index (χ0) is 15.5. The summed E-state index contributed by atoms with van der Waals surface area (Å²) in [5.74, 6) is -0.177. The van der Waals surface area contributed by atoms with Gasteiger partial charge in [0.2, 0.25) is 0 Å². The summed E-state index contributed by atoms with van der Waals surface area (Å²) in [6.45, 7) is 4.63. The smallest absolute Gasteiger partial charge is 0.253 e. The second-order valence-electron chi connectivity index (χ2n) is 6.11. The number of nitrogens with one attached hydrogen (secondary N) is 1. The fraction of sp³-hybridized carbons (Fsp3) is 0.353. The van der Waals surface area contributed by atoms with Crippen molar-refractivity contribution in [3.05, 3.63) is 42.0 Å². The van der Waals surface area contributed by atoms with Gasteiger partial charge in [-0.1, -0.05) is 38.1 Å². The van der Waals surface area contributed by atoms with Gasteiger partial charge in [-0.15, -0.1) is 0 Å². The van der Waals surface area contributed by atoms with Gasteiger partial charge >= 0.3 is 0 Å². The molecule has 0 heterocycles. The summed E-state index contributed by atoms with van der Waals surface area (Å²) < 4.78 is 0. The highest BCUT2D eigenvalue weighted by Gasteiger charge is 2.19. The number of fused-ring (bicyclic) bond motifs is 1. The monoisotopic (exact) mass is 286 g/mol. The summed E-state index contributed by atoms with van der Waals surface area (Å²) in [6, 6.07) is 11.4. The van der Waals surface area contributed by atoms with Gasteiger partial charge in [-0.05, 0) is 34.7 Å². The van der Waals surface area contributed by atoms with Crippen LogP contribution in [-0.2, 0) is 0 Å². The fourth-order valence-electron chi connectivity index (χ4n) is 2.26. The Kier molecular flexibility index (Phi) is 4.48. The van der Waals surface area contributed by atoms with Crippen LogP contribution in [0, 0.1) is 5.41 Å². The van der Waals surface area contributed by atoms with Crippen LogP contribution in [-0.4, -0.2) is 24.2 Å². The van der Waals surface area contributed by atoms with Crippen LogP contribution in [0.1, 0.15) is 30.6 Å². The maximum absolute atomic E-state index is 12.3. The zero-order valence-electron chi connectivity index (χ0n) is 12.5. The van der Waals surface area contributed by atoms with Crippen molar-refractivity contribution in [2.75, 3.05) is 18.9 Å². The number of amides is 1. The van der Waals surface area contributed by atoms with Crippen LogP contribution in [0.25, 0.3) is 10.8 Å². The first-order chi connectivity index (χ1) is 9.93. The molecule has 4 heteroatoms. The Bertz CT molecular complexity index is 650. The van der Waals surface area contributed by atoms with E-state index in [0.29, 0.717) is 24.2 Å². The van der Waals surface area contributed by atoms with E-state index in [9.17, 15) is 4.79 Å². The number of aliphatic hydroxyl groups is 1. The highest BCUT2D eigenvalue weighted by Crippen LogP contribution is 2.23. The molecule has 0 spiro atoms. The molecule has 4 N–H and O–H groups in total. The van der Waals surface area contributed by atoms with Crippen molar-refractivity contribution < 1.29 is 9.90 Å². The van der Waals surface area contributed by atoms with E-state index < -0.39 is 0 Å². The van der Waals surface area contributed by atoms with Gasteiger partial charge in [0.05, 0.1) is 5.56 Å². The van der Waals surface area contributed by atoms with Gasteiger partial charge in [0.25, 0.3) is 5.91 Å². The van der Waals surface area contributed by atoms with Gasteiger partial charge in [-0.2, -0.15) is 0 Å². The summed E-state index contributed by atoms with van der Waals surface area (Å²) >= 11 is 0. The minimum atomic E-state index is -0.177. The van der Waals surface area contributed by atoms with E-state index in [4.69, 9.17) is 10.8 Å². The van der Waals surface area contributed by atoms with Crippen LogP contribution < -0.4 is 11.1 Å². The first kappa shape index (κ1) is 15.3. The average molecular weight is 286 g/mol. The van der Waals surface area contributed by atoms with Crippen molar-refractivity contribution in [1.29, 1.82) is 0 Å². The molecule has 0 fully saturated rings. The number of aliphatic hydroxyl groups excluding tert-OH is 1. The summed E-state index contributed by atoms with van der Waals surface area (Å²) in [4.78, 5) is 12.3. The lowest BCUT2D eigenvalue weighted by Crippen LogP contribution is -2.34. The molecule has 2 rings (SSSR count). The molecule has 0 saturated heterocycles. The maximum Gasteiger partial charge on any atom is 0.253 e. The largest absolute Gasteiger partial charge is 0.398 e. The molecule has 0 aromatic heterocycles. The molecule has 4 nitrogen and oxygen atoms in total. The second kappa shape index (κ2) is 6.14. The zero-order valence-corrected chi connectivity index (χ0v) is 12.5. The Hall–Kier alpha value is -2.07. The summed E-state index contributed by atoms with van der Waals surface area (Å²) in [5.41, 5.74) is 6.81. The number of benzene rings is 2. The molecule has 0 bridgehead atoms. The van der Waals surface area contributed by atoms with Gasteiger partial charge < -0.3 is 16.2 Å². The van der Waals surface area contributed by atoms with Crippen LogP contribution in [0.5, 0.6) is 0 Å². The van der Waals surface area contributed by atoms with Crippen molar-refractivity contribution in [2.24, 2.45) is 5.41 Å². The normalized spacial score (nSPS) is 11.6. The minimum Gasteiger partial charge on any atom is -0.398 e. The molecule has 0 aliphatic carbocycles. The number of rotatable bonds is 5. The van der Waals surface area contributed by atoms with Crippen LogP contribution >= 0.6 is 0 Å². The molecular weight excluding hydrogens is 264 g/mol. The quantitative estimate of drug-likeness (QED) is 0.739. The average Bonchev–Trinajstić information content (AvgIpc) is 2.44. The number of hydrogen-bond acceptors (Lipinski definition) is 3. The SMILES string of the molecule is CC(C)(CCO)CNC(=O)c1cc2ccccc2cc1N. The molecule has 21 heavy (non-hydrogen) atoms. The third-order valence-corrected chi connectivity index (χ3v) is 3.68. The molecule has 0 aliphatic heterocycles. The number of carbonyl (C=O) groups is 1. The summed E-state index contributed by atoms with van der Waals surface area (Å²) in [7, 11) is 0. The van der Waals surface area contributed by atoms with Crippen molar-refractivity contribution in [2.45, 2.75) is 20.3 Å². The second-order valence-corrected chi connectivity index (χ2v) is 6.11. The van der Waals surface area contributed by atoms with Crippen molar-refractivity contribution in [3.63, 3.8) is 0 Å². The van der Waals surface area contributed by atoms with Gasteiger partial charge in [0.15, 0.2) is 0 Å². The highest BCUT2D eigenvalue weighted by molar-refractivity contribution is 6.03. The lowest BCUT2D eigenvalue weighted by molar-refractivity contribution is 0.0929. The molecule has 112 valence electrons. The van der Waals surface area contributed by atoms with Crippen molar-refractivity contribution in [3.8, 4) is 0 Å². The number of carbonyl (C=O) groups excluding carboxylic acids is 1. The summed E-state index contributed by atoms with van der Waals surface area (Å²) in [5, 5.41) is 13.9. The standard InChI is InChI=1S/C17H22N2O2/c1-17(2,7-8-20)11-19-16(21)14-9-12-5-3-4-6-13(12)10-15(14)18/h3-6,9-10,20H,7-8,11,18H2,1-2H3,(H,19,21). The lowest BCUT2D eigenvalue weighted by atomic mass is 9.89. The van der Waals surface area contributed by atoms with Crippen molar-refractivity contribution >= 4 is 22.4 Å². The molecule has 0 saturated carbocycles. The number of anilines is 1. The van der Waals surface area contributed by atoms with Crippen LogP contribution in [0.4, 0.5) is 5.69 Å². The number of nitrogens with two attached hydrogens (primary N) is 1. The van der Waals surface area contributed by atoms with E-state index in [1.165, 1.54) is 0 Å². The van der Waals surface area contributed by atoms with E-state index >= 15 is 0 Å². The third kappa shape index (κ3) is 3.73. The lowest BCUT2D eigenvalue weighted by Gasteiger charge is -2.24. The Balaban J connectivity index is 2.17. The summed E-state index contributed by atoms with van der Waals surface area (Å²) in [6.07, 6.45) is 0.639. The first-order valence-electron chi connectivity index (χ1n) is 7.10. The predicted molar refractivity (Wildman–Crippen MR) is 86.2 cm³/mol.